The number of rotatable bonds is 7. The average Bonchev–Trinajstić information content (AvgIpc) is 2.37. The number of alkyl halides is 3. The van der Waals surface area contributed by atoms with Crippen LogP contribution >= 0.6 is 0 Å². The SMILES string of the molecule is CC(C)OCCOCC(N)c1cccc(C(F)(F)F)c1. The van der Waals surface area contributed by atoms with E-state index in [0.29, 0.717) is 18.8 Å². The number of halogens is 3. The molecule has 1 unspecified atom stereocenters. The summed E-state index contributed by atoms with van der Waals surface area (Å²) in [4.78, 5) is 0. The van der Waals surface area contributed by atoms with Crippen LogP contribution in [0.3, 0.4) is 0 Å². The minimum Gasteiger partial charge on any atom is -0.377 e. The van der Waals surface area contributed by atoms with Crippen molar-refractivity contribution < 1.29 is 22.6 Å². The smallest absolute Gasteiger partial charge is 0.377 e. The summed E-state index contributed by atoms with van der Waals surface area (Å²) in [6, 6.07) is 4.40. The first-order valence-electron chi connectivity index (χ1n) is 6.42. The fraction of sp³-hybridized carbons (Fsp3) is 0.571. The van der Waals surface area contributed by atoms with Crippen molar-refractivity contribution in [2.24, 2.45) is 5.73 Å². The van der Waals surface area contributed by atoms with Crippen LogP contribution < -0.4 is 5.73 Å². The Morgan fingerprint density at radius 1 is 1.20 bits per heavy atom. The number of hydrogen-bond acceptors (Lipinski definition) is 3. The standard InChI is InChI=1S/C14H20F3NO2/c1-10(2)20-7-6-19-9-13(18)11-4-3-5-12(8-11)14(15,16)17/h3-5,8,10,13H,6-7,9,18H2,1-2H3. The quantitative estimate of drug-likeness (QED) is 0.785. The largest absolute Gasteiger partial charge is 0.416 e. The fourth-order valence-corrected chi connectivity index (χ4v) is 1.59. The van der Waals surface area contributed by atoms with Crippen molar-refractivity contribution in [1.29, 1.82) is 0 Å². The van der Waals surface area contributed by atoms with E-state index in [9.17, 15) is 13.2 Å². The van der Waals surface area contributed by atoms with Crippen molar-refractivity contribution in [2.45, 2.75) is 32.2 Å². The first-order valence-corrected chi connectivity index (χ1v) is 6.42. The Morgan fingerprint density at radius 3 is 2.50 bits per heavy atom. The van der Waals surface area contributed by atoms with Crippen molar-refractivity contribution in [3.8, 4) is 0 Å². The molecule has 0 spiro atoms. The summed E-state index contributed by atoms with van der Waals surface area (Å²) in [5.74, 6) is 0. The summed E-state index contributed by atoms with van der Waals surface area (Å²) in [7, 11) is 0. The zero-order valence-electron chi connectivity index (χ0n) is 11.6. The predicted octanol–water partition coefficient (Wildman–Crippen LogP) is 3.15. The molecular weight excluding hydrogens is 271 g/mol. The minimum atomic E-state index is -4.36. The molecule has 0 aromatic heterocycles. The maximum atomic E-state index is 12.6. The van der Waals surface area contributed by atoms with E-state index in [4.69, 9.17) is 15.2 Å². The molecule has 0 fully saturated rings. The lowest BCUT2D eigenvalue weighted by Crippen LogP contribution is -2.20. The molecule has 1 aromatic carbocycles. The molecule has 0 heterocycles. The molecule has 1 rings (SSSR count). The van der Waals surface area contributed by atoms with Crippen LogP contribution in [0.15, 0.2) is 24.3 Å². The van der Waals surface area contributed by atoms with Gasteiger partial charge in [-0.1, -0.05) is 12.1 Å². The molecule has 114 valence electrons. The van der Waals surface area contributed by atoms with E-state index < -0.39 is 17.8 Å². The van der Waals surface area contributed by atoms with Gasteiger partial charge in [0.15, 0.2) is 0 Å². The second-order valence-corrected chi connectivity index (χ2v) is 4.72. The predicted molar refractivity (Wildman–Crippen MR) is 70.3 cm³/mol. The van der Waals surface area contributed by atoms with Crippen molar-refractivity contribution in [3.63, 3.8) is 0 Å². The number of benzene rings is 1. The Labute approximate surface area is 116 Å². The highest BCUT2D eigenvalue weighted by atomic mass is 19.4. The number of hydrogen-bond donors (Lipinski definition) is 1. The van der Waals surface area contributed by atoms with Gasteiger partial charge in [0, 0.05) is 0 Å². The van der Waals surface area contributed by atoms with Gasteiger partial charge < -0.3 is 15.2 Å². The molecule has 0 aliphatic rings. The molecule has 1 aromatic rings. The zero-order chi connectivity index (χ0) is 15.2. The van der Waals surface area contributed by atoms with Gasteiger partial charge in [0.25, 0.3) is 0 Å². The molecule has 0 radical (unpaired) electrons. The van der Waals surface area contributed by atoms with Crippen LogP contribution in [0.1, 0.15) is 31.0 Å². The molecule has 20 heavy (non-hydrogen) atoms. The summed E-state index contributed by atoms with van der Waals surface area (Å²) in [5, 5.41) is 0. The zero-order valence-corrected chi connectivity index (χ0v) is 11.6. The van der Waals surface area contributed by atoms with E-state index in [-0.39, 0.29) is 12.7 Å². The van der Waals surface area contributed by atoms with Crippen LogP contribution in [0, 0.1) is 0 Å². The normalized spacial score (nSPS) is 13.8. The first kappa shape index (κ1) is 16.9. The van der Waals surface area contributed by atoms with E-state index in [1.165, 1.54) is 6.07 Å². The Kier molecular flexibility index (Phi) is 6.45. The van der Waals surface area contributed by atoms with Crippen molar-refractivity contribution >= 4 is 0 Å². The van der Waals surface area contributed by atoms with Gasteiger partial charge in [0.1, 0.15) is 0 Å². The lowest BCUT2D eigenvalue weighted by Gasteiger charge is -2.15. The van der Waals surface area contributed by atoms with Crippen LogP contribution in [0.25, 0.3) is 0 Å². The van der Waals surface area contributed by atoms with Crippen molar-refractivity contribution in [1.82, 2.24) is 0 Å². The van der Waals surface area contributed by atoms with E-state index >= 15 is 0 Å². The van der Waals surface area contributed by atoms with Crippen molar-refractivity contribution in [2.75, 3.05) is 19.8 Å². The topological polar surface area (TPSA) is 44.5 Å². The average molecular weight is 291 g/mol. The van der Waals surface area contributed by atoms with E-state index in [1.54, 1.807) is 6.07 Å². The lowest BCUT2D eigenvalue weighted by molar-refractivity contribution is -0.137. The van der Waals surface area contributed by atoms with Crippen LogP contribution in [0.5, 0.6) is 0 Å². The van der Waals surface area contributed by atoms with Crippen LogP contribution in [-0.2, 0) is 15.7 Å². The van der Waals surface area contributed by atoms with Gasteiger partial charge in [-0.25, -0.2) is 0 Å². The van der Waals surface area contributed by atoms with E-state index in [2.05, 4.69) is 0 Å². The van der Waals surface area contributed by atoms with E-state index in [1.807, 2.05) is 13.8 Å². The minimum absolute atomic E-state index is 0.121. The molecule has 0 bridgehead atoms. The van der Waals surface area contributed by atoms with Crippen molar-refractivity contribution in [3.05, 3.63) is 35.4 Å². The van der Waals surface area contributed by atoms with Gasteiger partial charge in [-0.3, -0.25) is 0 Å². The molecule has 2 N–H and O–H groups in total. The summed E-state index contributed by atoms with van der Waals surface area (Å²) in [6.45, 7) is 4.78. The van der Waals surface area contributed by atoms with Gasteiger partial charge in [-0.2, -0.15) is 13.2 Å². The third-order valence-electron chi connectivity index (χ3n) is 2.62. The Bertz CT molecular complexity index is 408. The lowest BCUT2D eigenvalue weighted by atomic mass is 10.1. The highest BCUT2D eigenvalue weighted by Gasteiger charge is 2.30. The molecule has 0 aliphatic heterocycles. The summed E-state index contributed by atoms with van der Waals surface area (Å²) < 4.78 is 48.3. The van der Waals surface area contributed by atoms with Gasteiger partial charge in [-0.05, 0) is 31.5 Å². The summed E-state index contributed by atoms with van der Waals surface area (Å²) in [6.07, 6.45) is -4.24. The molecule has 0 saturated heterocycles. The van der Waals surface area contributed by atoms with E-state index in [0.717, 1.165) is 12.1 Å². The number of nitrogens with two attached hydrogens (primary N) is 1. The summed E-state index contributed by atoms with van der Waals surface area (Å²) >= 11 is 0. The first-order chi connectivity index (χ1) is 9.30. The monoisotopic (exact) mass is 291 g/mol. The van der Waals surface area contributed by atoms with Crippen LogP contribution in [0.4, 0.5) is 13.2 Å². The summed E-state index contributed by atoms with van der Waals surface area (Å²) in [5.41, 5.74) is 5.52. The molecule has 3 nitrogen and oxygen atoms in total. The molecule has 0 saturated carbocycles. The Balaban J connectivity index is 2.45. The molecule has 0 aliphatic carbocycles. The number of ether oxygens (including phenoxy) is 2. The third-order valence-corrected chi connectivity index (χ3v) is 2.62. The van der Waals surface area contributed by atoms with Crippen LogP contribution in [0.2, 0.25) is 0 Å². The second kappa shape index (κ2) is 7.61. The maximum Gasteiger partial charge on any atom is 0.416 e. The Hall–Kier alpha value is -1.11. The van der Waals surface area contributed by atoms with Gasteiger partial charge in [-0.15, -0.1) is 0 Å². The van der Waals surface area contributed by atoms with Gasteiger partial charge in [0.05, 0.1) is 37.5 Å². The third kappa shape index (κ3) is 5.90. The van der Waals surface area contributed by atoms with Gasteiger partial charge in [0.2, 0.25) is 0 Å². The highest BCUT2D eigenvalue weighted by Crippen LogP contribution is 2.30. The highest BCUT2D eigenvalue weighted by molar-refractivity contribution is 5.27. The molecule has 6 heteroatoms. The van der Waals surface area contributed by atoms with Crippen LogP contribution in [-0.4, -0.2) is 25.9 Å². The molecule has 1 atom stereocenters. The fourth-order valence-electron chi connectivity index (χ4n) is 1.59. The second-order valence-electron chi connectivity index (χ2n) is 4.72. The van der Waals surface area contributed by atoms with Gasteiger partial charge >= 0.3 is 6.18 Å². The molecular formula is C14H20F3NO2. The Morgan fingerprint density at radius 2 is 1.90 bits per heavy atom. The molecule has 0 amide bonds. The maximum absolute atomic E-state index is 12.6.